The van der Waals surface area contributed by atoms with Gasteiger partial charge in [0.25, 0.3) is 0 Å². The van der Waals surface area contributed by atoms with Crippen molar-refractivity contribution in [2.75, 3.05) is 20.0 Å². The second-order valence-corrected chi connectivity index (χ2v) is 7.69. The fourth-order valence-electron chi connectivity index (χ4n) is 3.69. The lowest BCUT2D eigenvalue weighted by Gasteiger charge is -2.24. The summed E-state index contributed by atoms with van der Waals surface area (Å²) < 4.78 is 16.8. The number of aromatic nitrogens is 2. The average Bonchev–Trinajstić information content (AvgIpc) is 3.22. The van der Waals surface area contributed by atoms with Crippen LogP contribution in [0.15, 0.2) is 58.8 Å². The van der Waals surface area contributed by atoms with Gasteiger partial charge >= 0.3 is 0 Å². The maximum Gasteiger partial charge on any atom is 0.244 e. The van der Waals surface area contributed by atoms with Crippen molar-refractivity contribution in [1.29, 1.82) is 5.26 Å². The van der Waals surface area contributed by atoms with Gasteiger partial charge in [-0.1, -0.05) is 12.1 Å². The Hall–Kier alpha value is -3.57. The number of methoxy groups -OCH3 is 1. The number of nitriles is 1. The number of rotatable bonds is 6. The number of hydrogen-bond donors (Lipinski definition) is 2. The van der Waals surface area contributed by atoms with Crippen molar-refractivity contribution < 1.29 is 14.2 Å². The molecule has 0 saturated carbocycles. The highest BCUT2D eigenvalue weighted by atomic mass is 32.2. The number of ether oxygens (including phenoxy) is 3. The minimum absolute atomic E-state index is 0.0660. The average molecular weight is 435 g/mol. The van der Waals surface area contributed by atoms with Crippen LogP contribution in [0.5, 0.6) is 17.4 Å². The first-order valence-electron chi connectivity index (χ1n) is 9.72. The molecule has 2 heterocycles. The van der Waals surface area contributed by atoms with Crippen LogP contribution in [0.4, 0.5) is 0 Å². The predicted molar refractivity (Wildman–Crippen MR) is 119 cm³/mol. The molecule has 0 aliphatic carbocycles. The highest BCUT2D eigenvalue weighted by Gasteiger charge is 2.35. The number of allylic oxidation sites excluding steroid dienone is 1. The molecule has 0 fully saturated rings. The first-order valence-corrected chi connectivity index (χ1v) is 10.9. The zero-order chi connectivity index (χ0) is 22.0. The third kappa shape index (κ3) is 3.68. The standard InChI is InChI=1S/C23H22N4O3S/c1-4-29-17-10-7-14(11-18(17)28-2)21-20-19(13-5-8-15(31-3)9-6-13)16(12-24)22(25)30-23(20)27-26-21/h5-11,19H,4,25H2,1-3H3,(H,26,27). The molecule has 0 amide bonds. The van der Waals surface area contributed by atoms with E-state index in [1.807, 2.05) is 55.6 Å². The summed E-state index contributed by atoms with van der Waals surface area (Å²) in [5.41, 5.74) is 9.68. The summed E-state index contributed by atoms with van der Waals surface area (Å²) in [6, 6.07) is 15.9. The first-order chi connectivity index (χ1) is 15.1. The van der Waals surface area contributed by atoms with Gasteiger partial charge in [0, 0.05) is 10.5 Å². The molecule has 0 saturated heterocycles. The minimum Gasteiger partial charge on any atom is -0.493 e. The van der Waals surface area contributed by atoms with Crippen molar-refractivity contribution >= 4 is 11.8 Å². The lowest BCUT2D eigenvalue weighted by Crippen LogP contribution is -2.21. The van der Waals surface area contributed by atoms with Crippen molar-refractivity contribution in [2.45, 2.75) is 17.7 Å². The van der Waals surface area contributed by atoms with Crippen molar-refractivity contribution in [3.63, 3.8) is 0 Å². The van der Waals surface area contributed by atoms with Crippen molar-refractivity contribution in [3.8, 4) is 34.7 Å². The van der Waals surface area contributed by atoms with Crippen LogP contribution in [0.3, 0.4) is 0 Å². The topological polar surface area (TPSA) is 106 Å². The van der Waals surface area contributed by atoms with Gasteiger partial charge in [-0.3, -0.25) is 5.10 Å². The summed E-state index contributed by atoms with van der Waals surface area (Å²) in [6.07, 6.45) is 2.02. The number of fused-ring (bicyclic) bond motifs is 1. The lowest BCUT2D eigenvalue weighted by molar-refractivity contribution is 0.311. The molecular formula is C23H22N4O3S. The van der Waals surface area contributed by atoms with Gasteiger partial charge in [-0.25, -0.2) is 0 Å². The van der Waals surface area contributed by atoms with Gasteiger partial charge in [-0.15, -0.1) is 16.9 Å². The van der Waals surface area contributed by atoms with E-state index in [0.29, 0.717) is 29.6 Å². The zero-order valence-corrected chi connectivity index (χ0v) is 18.2. The Balaban J connectivity index is 1.87. The highest BCUT2D eigenvalue weighted by molar-refractivity contribution is 7.98. The Bertz CT molecular complexity index is 1180. The molecule has 0 radical (unpaired) electrons. The van der Waals surface area contributed by atoms with E-state index in [1.54, 1.807) is 18.9 Å². The van der Waals surface area contributed by atoms with E-state index in [0.717, 1.165) is 27.3 Å². The molecule has 3 aromatic rings. The number of aromatic amines is 1. The Labute approximate surface area is 184 Å². The molecule has 7 nitrogen and oxygen atoms in total. The van der Waals surface area contributed by atoms with E-state index >= 15 is 0 Å². The van der Waals surface area contributed by atoms with E-state index < -0.39 is 5.92 Å². The third-order valence-electron chi connectivity index (χ3n) is 5.14. The lowest BCUT2D eigenvalue weighted by atomic mass is 9.83. The molecule has 1 aromatic heterocycles. The fourth-order valence-corrected chi connectivity index (χ4v) is 4.10. The number of H-pyrrole nitrogens is 1. The Morgan fingerprint density at radius 3 is 2.65 bits per heavy atom. The molecule has 1 aliphatic heterocycles. The van der Waals surface area contributed by atoms with E-state index in [4.69, 9.17) is 19.9 Å². The van der Waals surface area contributed by atoms with Gasteiger partial charge in [0.15, 0.2) is 11.5 Å². The second-order valence-electron chi connectivity index (χ2n) is 6.81. The van der Waals surface area contributed by atoms with Crippen molar-refractivity contribution in [1.82, 2.24) is 10.2 Å². The molecule has 0 spiro atoms. The molecule has 1 unspecified atom stereocenters. The van der Waals surface area contributed by atoms with Gasteiger partial charge in [-0.05, 0) is 49.1 Å². The monoisotopic (exact) mass is 434 g/mol. The zero-order valence-electron chi connectivity index (χ0n) is 17.4. The van der Waals surface area contributed by atoms with Gasteiger partial charge in [0.2, 0.25) is 11.8 Å². The largest absolute Gasteiger partial charge is 0.493 e. The van der Waals surface area contributed by atoms with Gasteiger partial charge in [-0.2, -0.15) is 5.26 Å². The van der Waals surface area contributed by atoms with Crippen LogP contribution < -0.4 is 19.9 Å². The summed E-state index contributed by atoms with van der Waals surface area (Å²) >= 11 is 1.66. The van der Waals surface area contributed by atoms with E-state index in [2.05, 4.69) is 16.3 Å². The number of benzene rings is 2. The molecule has 4 rings (SSSR count). The summed E-state index contributed by atoms with van der Waals surface area (Å²) in [5, 5.41) is 17.2. The fraction of sp³-hybridized carbons (Fsp3) is 0.217. The summed E-state index contributed by atoms with van der Waals surface area (Å²) in [7, 11) is 1.60. The number of thioether (sulfide) groups is 1. The normalized spacial score (nSPS) is 15.1. The van der Waals surface area contributed by atoms with E-state index in [-0.39, 0.29) is 5.88 Å². The second kappa shape index (κ2) is 8.66. The van der Waals surface area contributed by atoms with E-state index in [9.17, 15) is 5.26 Å². The third-order valence-corrected chi connectivity index (χ3v) is 5.88. The van der Waals surface area contributed by atoms with Crippen LogP contribution in [-0.2, 0) is 0 Å². The van der Waals surface area contributed by atoms with E-state index in [1.165, 1.54) is 0 Å². The maximum absolute atomic E-state index is 9.86. The molecule has 158 valence electrons. The van der Waals surface area contributed by atoms with Crippen LogP contribution in [0, 0.1) is 11.3 Å². The Morgan fingerprint density at radius 2 is 2.00 bits per heavy atom. The highest BCUT2D eigenvalue weighted by Crippen LogP contribution is 2.46. The maximum atomic E-state index is 9.86. The molecule has 31 heavy (non-hydrogen) atoms. The predicted octanol–water partition coefficient (Wildman–Crippen LogP) is 4.42. The van der Waals surface area contributed by atoms with Crippen LogP contribution in [0.1, 0.15) is 24.0 Å². The molecule has 1 atom stereocenters. The SMILES string of the molecule is CCOc1ccc(-c2[nH]nc3c2C(c2ccc(SC)cc2)C(C#N)=C(N)O3)cc1OC. The Morgan fingerprint density at radius 1 is 1.23 bits per heavy atom. The summed E-state index contributed by atoms with van der Waals surface area (Å²) in [6.45, 7) is 2.45. The molecular weight excluding hydrogens is 412 g/mol. The molecule has 0 bridgehead atoms. The van der Waals surface area contributed by atoms with Crippen LogP contribution in [0.25, 0.3) is 11.3 Å². The number of nitrogens with zero attached hydrogens (tertiary/aromatic N) is 2. The van der Waals surface area contributed by atoms with Crippen molar-refractivity contribution in [3.05, 3.63) is 65.0 Å². The van der Waals surface area contributed by atoms with Crippen molar-refractivity contribution in [2.24, 2.45) is 5.73 Å². The van der Waals surface area contributed by atoms with Crippen LogP contribution in [0.2, 0.25) is 0 Å². The van der Waals surface area contributed by atoms with Gasteiger partial charge in [0.05, 0.1) is 30.9 Å². The summed E-state index contributed by atoms with van der Waals surface area (Å²) in [5.74, 6) is 1.28. The number of hydrogen-bond acceptors (Lipinski definition) is 7. The van der Waals surface area contributed by atoms with Crippen LogP contribution >= 0.6 is 11.8 Å². The number of nitrogens with one attached hydrogen (secondary N) is 1. The Kier molecular flexibility index (Phi) is 5.78. The van der Waals surface area contributed by atoms with Crippen LogP contribution in [-0.4, -0.2) is 30.2 Å². The quantitative estimate of drug-likeness (QED) is 0.553. The first kappa shape index (κ1) is 20.7. The molecule has 3 N–H and O–H groups in total. The molecule has 2 aromatic carbocycles. The molecule has 1 aliphatic rings. The smallest absolute Gasteiger partial charge is 0.244 e. The molecule has 8 heteroatoms. The number of nitrogens with two attached hydrogens (primary N) is 1. The van der Waals surface area contributed by atoms with Gasteiger partial charge < -0.3 is 19.9 Å². The van der Waals surface area contributed by atoms with Gasteiger partial charge in [0.1, 0.15) is 11.6 Å². The summed E-state index contributed by atoms with van der Waals surface area (Å²) in [4.78, 5) is 1.13. The minimum atomic E-state index is -0.407.